The third-order valence-corrected chi connectivity index (χ3v) is 1.54. The number of ether oxygens (including phenoxy) is 1. The average Bonchev–Trinajstić information content (AvgIpc) is 1.87. The lowest BCUT2D eigenvalue weighted by molar-refractivity contribution is -0.0138. The third kappa shape index (κ3) is 6.28. The molecule has 2 atom stereocenters. The summed E-state index contributed by atoms with van der Waals surface area (Å²) < 4.78 is 5.41. The van der Waals surface area contributed by atoms with Crippen molar-refractivity contribution in [1.29, 1.82) is 0 Å². The minimum absolute atomic E-state index is 0.0848. The van der Waals surface area contributed by atoms with Crippen LogP contribution in [0.15, 0.2) is 0 Å². The molecule has 0 aromatic rings. The molecule has 0 aromatic heterocycles. The van der Waals surface area contributed by atoms with Crippen molar-refractivity contribution in [3.05, 3.63) is 0 Å². The van der Waals surface area contributed by atoms with E-state index < -0.39 is 0 Å². The van der Waals surface area contributed by atoms with Crippen LogP contribution in [0.2, 0.25) is 0 Å². The highest BCUT2D eigenvalue weighted by Crippen LogP contribution is 2.04. The second-order valence-corrected chi connectivity index (χ2v) is 2.78. The van der Waals surface area contributed by atoms with Gasteiger partial charge in [-0.2, -0.15) is 0 Å². The number of aliphatic hydroxyl groups is 2. The van der Waals surface area contributed by atoms with Gasteiger partial charge in [0, 0.05) is 13.2 Å². The molecule has 0 aliphatic carbocycles. The quantitative estimate of drug-likeness (QED) is 0.599. The fourth-order valence-electron chi connectivity index (χ4n) is 0.896. The monoisotopic (exact) mass is 162 g/mol. The summed E-state index contributed by atoms with van der Waals surface area (Å²) in [5.74, 6) is 0. The zero-order valence-electron chi connectivity index (χ0n) is 7.29. The minimum Gasteiger partial charge on any atom is -0.396 e. The van der Waals surface area contributed by atoms with Gasteiger partial charge in [0.2, 0.25) is 0 Å². The van der Waals surface area contributed by atoms with Crippen LogP contribution in [0, 0.1) is 0 Å². The number of rotatable bonds is 6. The van der Waals surface area contributed by atoms with E-state index in [1.54, 1.807) is 0 Å². The van der Waals surface area contributed by atoms with Gasteiger partial charge < -0.3 is 14.9 Å². The Kier molecular flexibility index (Phi) is 6.51. The summed E-state index contributed by atoms with van der Waals surface area (Å²) in [5.41, 5.74) is 0. The first-order valence-electron chi connectivity index (χ1n) is 4.08. The summed E-state index contributed by atoms with van der Waals surface area (Å²) >= 11 is 0. The van der Waals surface area contributed by atoms with Gasteiger partial charge in [-0.1, -0.05) is 0 Å². The van der Waals surface area contributed by atoms with Crippen LogP contribution in [0.4, 0.5) is 0 Å². The van der Waals surface area contributed by atoms with Gasteiger partial charge in [0.05, 0.1) is 12.2 Å². The highest BCUT2D eigenvalue weighted by Gasteiger charge is 2.06. The summed E-state index contributed by atoms with van der Waals surface area (Å²) in [4.78, 5) is 0. The van der Waals surface area contributed by atoms with Crippen LogP contribution in [0.5, 0.6) is 0 Å². The second-order valence-electron chi connectivity index (χ2n) is 2.78. The van der Waals surface area contributed by atoms with Crippen molar-refractivity contribution in [2.24, 2.45) is 0 Å². The van der Waals surface area contributed by atoms with Crippen LogP contribution in [0.1, 0.15) is 26.7 Å². The predicted octanol–water partition coefficient (Wildman–Crippen LogP) is 0.545. The minimum atomic E-state index is 0.0848. The molecular weight excluding hydrogens is 144 g/mol. The normalized spacial score (nSPS) is 16.4. The number of hydrogen-bond acceptors (Lipinski definition) is 3. The van der Waals surface area contributed by atoms with Gasteiger partial charge in [-0.3, -0.25) is 0 Å². The van der Waals surface area contributed by atoms with E-state index in [-0.39, 0.29) is 25.4 Å². The van der Waals surface area contributed by atoms with E-state index in [1.165, 1.54) is 0 Å². The molecule has 11 heavy (non-hydrogen) atoms. The summed E-state index contributed by atoms with van der Waals surface area (Å²) in [5, 5.41) is 17.1. The van der Waals surface area contributed by atoms with E-state index in [2.05, 4.69) is 0 Å². The van der Waals surface area contributed by atoms with Crippen molar-refractivity contribution in [2.75, 3.05) is 13.2 Å². The van der Waals surface area contributed by atoms with Crippen LogP contribution >= 0.6 is 0 Å². The van der Waals surface area contributed by atoms with Gasteiger partial charge in [-0.15, -0.1) is 0 Å². The molecule has 0 saturated heterocycles. The lowest BCUT2D eigenvalue weighted by atomic mass is 10.2. The van der Waals surface area contributed by atoms with Gasteiger partial charge in [-0.05, 0) is 26.7 Å². The van der Waals surface area contributed by atoms with E-state index in [1.807, 2.05) is 13.8 Å². The molecule has 3 nitrogen and oxygen atoms in total. The molecule has 3 heteroatoms. The van der Waals surface area contributed by atoms with Crippen LogP contribution in [0.3, 0.4) is 0 Å². The first-order valence-corrected chi connectivity index (χ1v) is 4.08. The van der Waals surface area contributed by atoms with Gasteiger partial charge in [0.25, 0.3) is 0 Å². The van der Waals surface area contributed by atoms with E-state index in [4.69, 9.17) is 14.9 Å². The smallest absolute Gasteiger partial charge is 0.0572 e. The maximum atomic E-state index is 8.55. The topological polar surface area (TPSA) is 49.7 Å². The average molecular weight is 162 g/mol. The molecule has 0 saturated carbocycles. The highest BCUT2D eigenvalue weighted by atomic mass is 16.5. The molecule has 0 spiro atoms. The van der Waals surface area contributed by atoms with Crippen molar-refractivity contribution in [3.8, 4) is 0 Å². The van der Waals surface area contributed by atoms with Crippen molar-refractivity contribution >= 4 is 0 Å². The first-order chi connectivity index (χ1) is 5.20. The van der Waals surface area contributed by atoms with Crippen LogP contribution in [-0.2, 0) is 4.74 Å². The maximum absolute atomic E-state index is 8.55. The standard InChI is InChI=1S/C8H18O3/c1-7(3-5-9)11-8(2)4-6-10/h7-10H,3-6H2,1-2H3/t7-,8-/m0/s1. The molecule has 0 radical (unpaired) electrons. The Morgan fingerprint density at radius 1 is 1.00 bits per heavy atom. The van der Waals surface area contributed by atoms with Gasteiger partial charge in [0.1, 0.15) is 0 Å². The van der Waals surface area contributed by atoms with Gasteiger partial charge in [0.15, 0.2) is 0 Å². The Balaban J connectivity index is 3.32. The molecule has 0 aromatic carbocycles. The predicted molar refractivity (Wildman–Crippen MR) is 43.4 cm³/mol. The zero-order chi connectivity index (χ0) is 8.69. The van der Waals surface area contributed by atoms with Crippen molar-refractivity contribution in [1.82, 2.24) is 0 Å². The van der Waals surface area contributed by atoms with Gasteiger partial charge >= 0.3 is 0 Å². The molecule has 0 rings (SSSR count). The van der Waals surface area contributed by atoms with Crippen molar-refractivity contribution < 1.29 is 14.9 Å². The molecule has 68 valence electrons. The van der Waals surface area contributed by atoms with Gasteiger partial charge in [-0.25, -0.2) is 0 Å². The summed E-state index contributed by atoms with van der Waals surface area (Å²) in [6, 6.07) is 0. The fraction of sp³-hybridized carbons (Fsp3) is 1.00. The molecule has 0 fully saturated rings. The molecule has 0 bridgehead atoms. The van der Waals surface area contributed by atoms with Crippen molar-refractivity contribution in [3.63, 3.8) is 0 Å². The highest BCUT2D eigenvalue weighted by molar-refractivity contribution is 4.54. The summed E-state index contributed by atoms with van der Waals surface area (Å²) in [6.45, 7) is 4.16. The first kappa shape index (κ1) is 10.9. The Labute approximate surface area is 68.0 Å². The number of aliphatic hydroxyl groups excluding tert-OH is 2. The summed E-state index contributed by atoms with van der Waals surface area (Å²) in [6.07, 6.45) is 1.49. The molecule has 0 amide bonds. The Morgan fingerprint density at radius 3 is 1.64 bits per heavy atom. The van der Waals surface area contributed by atoms with E-state index >= 15 is 0 Å². The SMILES string of the molecule is C[C@@H](CCO)O[C@@H](C)CCO. The Bertz CT molecular complexity index is 75.4. The largest absolute Gasteiger partial charge is 0.396 e. The second kappa shape index (κ2) is 6.58. The van der Waals surface area contributed by atoms with E-state index in [9.17, 15) is 0 Å². The number of hydrogen-bond donors (Lipinski definition) is 2. The summed E-state index contributed by atoms with van der Waals surface area (Å²) in [7, 11) is 0. The van der Waals surface area contributed by atoms with Crippen molar-refractivity contribution in [2.45, 2.75) is 38.9 Å². The molecule has 0 heterocycles. The Hall–Kier alpha value is -0.120. The lowest BCUT2D eigenvalue weighted by Gasteiger charge is -2.17. The molecule has 2 N–H and O–H groups in total. The van der Waals surface area contributed by atoms with E-state index in [0.29, 0.717) is 12.8 Å². The van der Waals surface area contributed by atoms with Crippen LogP contribution in [0.25, 0.3) is 0 Å². The molecule has 0 unspecified atom stereocenters. The molecule has 0 aliphatic heterocycles. The fourth-order valence-corrected chi connectivity index (χ4v) is 0.896. The molecule has 0 aliphatic rings. The zero-order valence-corrected chi connectivity index (χ0v) is 7.29. The maximum Gasteiger partial charge on any atom is 0.0572 e. The molecular formula is C8H18O3. The lowest BCUT2D eigenvalue weighted by Crippen LogP contribution is -2.19. The third-order valence-electron chi connectivity index (χ3n) is 1.54. The Morgan fingerprint density at radius 2 is 1.36 bits per heavy atom. The van der Waals surface area contributed by atoms with E-state index in [0.717, 1.165) is 0 Å². The van der Waals surface area contributed by atoms with Crippen LogP contribution < -0.4 is 0 Å². The van der Waals surface area contributed by atoms with Crippen LogP contribution in [-0.4, -0.2) is 35.6 Å².